The average molecular weight is 166 g/mol. The number of hydrogen-bond donors (Lipinski definition) is 0. The lowest BCUT2D eigenvalue weighted by Gasteiger charge is -1.97. The third-order valence-corrected chi connectivity index (χ3v) is 1.28. The summed E-state index contributed by atoms with van der Waals surface area (Å²) >= 11 is 0. The molecule has 0 saturated carbocycles. The fourth-order valence-electron chi connectivity index (χ4n) is 0.632. The second kappa shape index (κ2) is 5.35. The van der Waals surface area contributed by atoms with E-state index in [0.717, 1.165) is 5.57 Å². The summed E-state index contributed by atoms with van der Waals surface area (Å²) in [5, 5.41) is 0. The van der Waals surface area contributed by atoms with Crippen LogP contribution < -0.4 is 0 Å². The number of ether oxygens (including phenoxy) is 1. The Bertz CT molecular complexity index is 234. The molecular formula is C10H14O2. The van der Waals surface area contributed by atoms with Gasteiger partial charge in [-0.05, 0) is 19.9 Å². The van der Waals surface area contributed by atoms with E-state index in [4.69, 9.17) is 0 Å². The lowest BCUT2D eigenvalue weighted by Crippen LogP contribution is -2.01. The van der Waals surface area contributed by atoms with Gasteiger partial charge < -0.3 is 4.74 Å². The molecule has 0 atom stereocenters. The van der Waals surface area contributed by atoms with Crippen molar-refractivity contribution < 1.29 is 9.53 Å². The van der Waals surface area contributed by atoms with Crippen LogP contribution in [0.5, 0.6) is 0 Å². The van der Waals surface area contributed by atoms with Crippen molar-refractivity contribution in [2.45, 2.75) is 13.8 Å². The van der Waals surface area contributed by atoms with E-state index in [9.17, 15) is 4.79 Å². The molecule has 0 aliphatic rings. The van der Waals surface area contributed by atoms with E-state index in [1.165, 1.54) is 7.11 Å². The van der Waals surface area contributed by atoms with E-state index in [1.807, 2.05) is 6.92 Å². The highest BCUT2D eigenvalue weighted by Gasteiger charge is 2.02. The first-order valence-corrected chi connectivity index (χ1v) is 3.70. The van der Waals surface area contributed by atoms with Crippen LogP contribution >= 0.6 is 0 Å². The quantitative estimate of drug-likeness (QED) is 0.365. The summed E-state index contributed by atoms with van der Waals surface area (Å²) in [4.78, 5) is 11.0. The number of carbonyl (C=O) groups excluding carboxylic acids is 1. The second-order valence-corrected chi connectivity index (χ2v) is 2.42. The Morgan fingerprint density at radius 3 is 2.33 bits per heavy atom. The minimum absolute atomic E-state index is 0.324. The number of hydrogen-bond acceptors (Lipinski definition) is 2. The third-order valence-electron chi connectivity index (χ3n) is 1.28. The van der Waals surface area contributed by atoms with E-state index in [2.05, 4.69) is 11.3 Å². The van der Waals surface area contributed by atoms with E-state index in [1.54, 1.807) is 25.2 Å². The Morgan fingerprint density at radius 1 is 1.42 bits per heavy atom. The normalized spacial score (nSPS) is 11.8. The molecule has 0 bridgehead atoms. The maximum Gasteiger partial charge on any atom is 0.337 e. The predicted molar refractivity (Wildman–Crippen MR) is 49.7 cm³/mol. The molecule has 0 rings (SSSR count). The predicted octanol–water partition coefficient (Wildman–Crippen LogP) is 2.24. The van der Waals surface area contributed by atoms with Crippen molar-refractivity contribution in [3.05, 3.63) is 36.0 Å². The highest BCUT2D eigenvalue weighted by Crippen LogP contribution is 2.01. The monoisotopic (exact) mass is 166 g/mol. The number of esters is 1. The molecule has 0 amide bonds. The molecule has 2 nitrogen and oxygen atoms in total. The van der Waals surface area contributed by atoms with Gasteiger partial charge in [0.05, 0.1) is 12.7 Å². The molecule has 0 unspecified atom stereocenters. The van der Waals surface area contributed by atoms with E-state index >= 15 is 0 Å². The molecular weight excluding hydrogens is 152 g/mol. The summed E-state index contributed by atoms with van der Waals surface area (Å²) in [5.41, 5.74) is 1.44. The summed E-state index contributed by atoms with van der Waals surface area (Å²) in [5.74, 6) is -0.324. The molecule has 0 N–H and O–H groups in total. The van der Waals surface area contributed by atoms with Crippen LogP contribution in [0.3, 0.4) is 0 Å². The Morgan fingerprint density at radius 2 is 2.00 bits per heavy atom. The molecule has 0 saturated heterocycles. The molecule has 0 aromatic rings. The molecule has 0 aromatic carbocycles. The molecule has 2 heteroatoms. The zero-order valence-electron chi connectivity index (χ0n) is 7.76. The molecule has 0 aromatic heterocycles. The zero-order chi connectivity index (χ0) is 9.56. The van der Waals surface area contributed by atoms with Crippen molar-refractivity contribution in [3.8, 4) is 0 Å². The molecule has 0 radical (unpaired) electrons. The Hall–Kier alpha value is -1.31. The van der Waals surface area contributed by atoms with Crippen LogP contribution in [0.15, 0.2) is 36.0 Å². The fraction of sp³-hybridized carbons (Fsp3) is 0.300. The second-order valence-electron chi connectivity index (χ2n) is 2.42. The number of allylic oxidation sites excluding steroid dienone is 3. The highest BCUT2D eigenvalue weighted by atomic mass is 16.5. The van der Waals surface area contributed by atoms with Gasteiger partial charge in [0.2, 0.25) is 0 Å². The van der Waals surface area contributed by atoms with Crippen LogP contribution in [0.4, 0.5) is 0 Å². The fourth-order valence-corrected chi connectivity index (χ4v) is 0.632. The standard InChI is InChI=1S/C10H14O2/c1-5-9(10(11)12-4)7-6-8(2)3/h5-7H,2H2,1,3-4H3/b7-6-,9-5+. The molecule has 0 fully saturated rings. The SMILES string of the molecule is C=C(C)/C=C\C(=C/C)C(=O)OC. The molecule has 12 heavy (non-hydrogen) atoms. The van der Waals surface area contributed by atoms with E-state index in [-0.39, 0.29) is 5.97 Å². The van der Waals surface area contributed by atoms with Gasteiger partial charge in [-0.1, -0.05) is 24.3 Å². The lowest BCUT2D eigenvalue weighted by atomic mass is 10.2. The minimum Gasteiger partial charge on any atom is -0.465 e. The molecule has 66 valence electrons. The topological polar surface area (TPSA) is 26.3 Å². The average Bonchev–Trinajstić information content (AvgIpc) is 2.04. The molecule has 0 aliphatic heterocycles. The Labute approximate surface area is 73.2 Å². The largest absolute Gasteiger partial charge is 0.465 e. The smallest absolute Gasteiger partial charge is 0.337 e. The summed E-state index contributed by atoms with van der Waals surface area (Å²) in [6.07, 6.45) is 5.16. The maximum atomic E-state index is 11.0. The summed E-state index contributed by atoms with van der Waals surface area (Å²) < 4.78 is 4.55. The number of methoxy groups -OCH3 is 1. The van der Waals surface area contributed by atoms with Crippen molar-refractivity contribution in [2.75, 3.05) is 7.11 Å². The van der Waals surface area contributed by atoms with Gasteiger partial charge in [-0.3, -0.25) is 0 Å². The van der Waals surface area contributed by atoms with Crippen LogP contribution in [0.25, 0.3) is 0 Å². The van der Waals surface area contributed by atoms with Crippen LogP contribution in [-0.2, 0) is 9.53 Å². The van der Waals surface area contributed by atoms with Gasteiger partial charge >= 0.3 is 5.97 Å². The van der Waals surface area contributed by atoms with Gasteiger partial charge in [-0.25, -0.2) is 4.79 Å². The van der Waals surface area contributed by atoms with Gasteiger partial charge in [-0.2, -0.15) is 0 Å². The summed E-state index contributed by atoms with van der Waals surface area (Å²) in [6, 6.07) is 0. The maximum absolute atomic E-state index is 11.0. The van der Waals surface area contributed by atoms with E-state index < -0.39 is 0 Å². The molecule has 0 aliphatic carbocycles. The minimum atomic E-state index is -0.324. The van der Waals surface area contributed by atoms with Crippen molar-refractivity contribution in [1.29, 1.82) is 0 Å². The highest BCUT2D eigenvalue weighted by molar-refractivity contribution is 5.91. The zero-order valence-corrected chi connectivity index (χ0v) is 7.76. The summed E-state index contributed by atoms with van der Waals surface area (Å²) in [6.45, 7) is 7.33. The van der Waals surface area contributed by atoms with Crippen molar-refractivity contribution in [1.82, 2.24) is 0 Å². The molecule has 0 spiro atoms. The summed E-state index contributed by atoms with van der Waals surface area (Å²) in [7, 11) is 1.36. The van der Waals surface area contributed by atoms with Crippen LogP contribution in [-0.4, -0.2) is 13.1 Å². The van der Waals surface area contributed by atoms with Gasteiger partial charge in [0.25, 0.3) is 0 Å². The van der Waals surface area contributed by atoms with Crippen molar-refractivity contribution in [3.63, 3.8) is 0 Å². The molecule has 0 heterocycles. The van der Waals surface area contributed by atoms with Gasteiger partial charge in [-0.15, -0.1) is 0 Å². The third kappa shape index (κ3) is 3.76. The Kier molecular flexibility index (Phi) is 4.77. The number of carbonyl (C=O) groups is 1. The van der Waals surface area contributed by atoms with Crippen molar-refractivity contribution in [2.24, 2.45) is 0 Å². The lowest BCUT2D eigenvalue weighted by molar-refractivity contribution is -0.135. The van der Waals surface area contributed by atoms with Crippen LogP contribution in [0.2, 0.25) is 0 Å². The van der Waals surface area contributed by atoms with Crippen molar-refractivity contribution >= 4 is 5.97 Å². The number of rotatable bonds is 3. The van der Waals surface area contributed by atoms with Gasteiger partial charge in [0.15, 0.2) is 0 Å². The first-order chi connectivity index (χ1) is 5.61. The first-order valence-electron chi connectivity index (χ1n) is 3.70. The van der Waals surface area contributed by atoms with Crippen LogP contribution in [0, 0.1) is 0 Å². The van der Waals surface area contributed by atoms with Gasteiger partial charge in [0.1, 0.15) is 0 Å². The van der Waals surface area contributed by atoms with Crippen LogP contribution in [0.1, 0.15) is 13.8 Å². The first kappa shape index (κ1) is 10.7. The Balaban J connectivity index is 4.40. The van der Waals surface area contributed by atoms with E-state index in [0.29, 0.717) is 5.57 Å². The van der Waals surface area contributed by atoms with Gasteiger partial charge in [0, 0.05) is 0 Å².